The van der Waals surface area contributed by atoms with Gasteiger partial charge in [-0.2, -0.15) is 0 Å². The van der Waals surface area contributed by atoms with Gasteiger partial charge in [-0.15, -0.1) is 22.7 Å². The second-order valence-corrected chi connectivity index (χ2v) is 10.3. The molecule has 0 fully saturated rings. The summed E-state index contributed by atoms with van der Waals surface area (Å²) < 4.78 is 5.46. The van der Waals surface area contributed by atoms with Crippen molar-refractivity contribution in [2.75, 3.05) is 7.05 Å². The van der Waals surface area contributed by atoms with Gasteiger partial charge in [0.05, 0.1) is 39.1 Å². The zero-order valence-electron chi connectivity index (χ0n) is 18.2. The minimum atomic E-state index is -0.0966. The van der Waals surface area contributed by atoms with Crippen LogP contribution in [0.4, 0.5) is 0 Å². The van der Waals surface area contributed by atoms with Crippen molar-refractivity contribution in [1.82, 2.24) is 20.0 Å². The van der Waals surface area contributed by atoms with E-state index in [0.29, 0.717) is 22.4 Å². The topological polar surface area (TPSA) is 72.1 Å². The quantitative estimate of drug-likeness (QED) is 0.402. The van der Waals surface area contributed by atoms with E-state index in [1.165, 1.54) is 4.88 Å². The number of rotatable bonds is 4. The van der Waals surface area contributed by atoms with Crippen LogP contribution in [-0.2, 0) is 0 Å². The van der Waals surface area contributed by atoms with Gasteiger partial charge in [0.25, 0.3) is 11.6 Å². The number of thiazole rings is 1. The molecule has 4 heterocycles. The van der Waals surface area contributed by atoms with Crippen LogP contribution < -0.4 is 0 Å². The molecule has 156 valence electrons. The number of carbonyl (C=O) groups excluding carboxylic acids is 1. The SMILES string of the molecule is Cc1cc(-c2cc(C(=O)N(C)[C@@H](C)c3sc(C)nc3C)c3c(C)noc3n2)c(C)s1. The number of aryl methyl sites for hydroxylation is 5. The van der Waals surface area contributed by atoms with E-state index in [2.05, 4.69) is 35.0 Å². The fraction of sp³-hybridized carbons (Fsp3) is 0.364. The lowest BCUT2D eigenvalue weighted by atomic mass is 10.0. The third-order valence-electron chi connectivity index (χ3n) is 5.38. The summed E-state index contributed by atoms with van der Waals surface area (Å²) in [5.41, 5.74) is 4.33. The molecule has 1 atom stereocenters. The molecule has 0 saturated carbocycles. The number of aromatic nitrogens is 3. The van der Waals surface area contributed by atoms with Crippen LogP contribution in [0.5, 0.6) is 0 Å². The highest BCUT2D eigenvalue weighted by molar-refractivity contribution is 7.12. The molecule has 4 rings (SSSR count). The molecular weight excluding hydrogens is 416 g/mol. The van der Waals surface area contributed by atoms with Gasteiger partial charge < -0.3 is 9.42 Å². The predicted octanol–water partition coefficient (Wildman–Crippen LogP) is 5.78. The highest BCUT2D eigenvalue weighted by Crippen LogP contribution is 2.35. The Morgan fingerprint density at radius 2 is 1.80 bits per heavy atom. The number of fused-ring (bicyclic) bond motifs is 1. The summed E-state index contributed by atoms with van der Waals surface area (Å²) in [6, 6.07) is 3.87. The zero-order valence-corrected chi connectivity index (χ0v) is 19.8. The lowest BCUT2D eigenvalue weighted by Crippen LogP contribution is -2.30. The number of hydrogen-bond acceptors (Lipinski definition) is 7. The monoisotopic (exact) mass is 440 g/mol. The van der Waals surface area contributed by atoms with Crippen molar-refractivity contribution in [3.8, 4) is 11.3 Å². The van der Waals surface area contributed by atoms with Crippen molar-refractivity contribution in [1.29, 1.82) is 0 Å². The third-order valence-corrected chi connectivity index (χ3v) is 7.59. The predicted molar refractivity (Wildman–Crippen MR) is 121 cm³/mol. The molecule has 1 amide bonds. The molecule has 0 aliphatic rings. The summed E-state index contributed by atoms with van der Waals surface area (Å²) in [5.74, 6) is -0.0856. The number of nitrogens with zero attached hydrogens (tertiary/aromatic N) is 4. The van der Waals surface area contributed by atoms with Crippen LogP contribution in [0.25, 0.3) is 22.4 Å². The van der Waals surface area contributed by atoms with Gasteiger partial charge >= 0.3 is 0 Å². The summed E-state index contributed by atoms with van der Waals surface area (Å²) in [7, 11) is 1.83. The van der Waals surface area contributed by atoms with Crippen molar-refractivity contribution < 1.29 is 9.32 Å². The van der Waals surface area contributed by atoms with Crippen molar-refractivity contribution in [3.05, 3.63) is 48.7 Å². The number of carbonyl (C=O) groups is 1. The molecular formula is C22H24N4O2S2. The van der Waals surface area contributed by atoms with Crippen molar-refractivity contribution in [2.24, 2.45) is 0 Å². The second-order valence-electron chi connectivity index (χ2n) is 7.60. The summed E-state index contributed by atoms with van der Waals surface area (Å²) in [6.07, 6.45) is 0. The lowest BCUT2D eigenvalue weighted by molar-refractivity contribution is 0.0746. The molecule has 6 nitrogen and oxygen atoms in total. The Kier molecular flexibility index (Phi) is 5.23. The first-order valence-electron chi connectivity index (χ1n) is 9.73. The van der Waals surface area contributed by atoms with Crippen LogP contribution in [-0.4, -0.2) is 33.0 Å². The van der Waals surface area contributed by atoms with Gasteiger partial charge in [-0.25, -0.2) is 9.97 Å². The fourth-order valence-corrected chi connectivity index (χ4v) is 5.72. The first kappa shape index (κ1) is 20.7. The first-order valence-corrected chi connectivity index (χ1v) is 11.4. The molecule has 4 aromatic heterocycles. The van der Waals surface area contributed by atoms with Crippen LogP contribution >= 0.6 is 22.7 Å². The molecule has 0 aliphatic heterocycles. The average Bonchev–Trinajstić information content (AvgIpc) is 3.35. The Labute approximate surface area is 183 Å². The summed E-state index contributed by atoms with van der Waals surface area (Å²) >= 11 is 3.34. The van der Waals surface area contributed by atoms with Crippen molar-refractivity contribution in [2.45, 2.75) is 47.6 Å². The van der Waals surface area contributed by atoms with Crippen LogP contribution in [0.3, 0.4) is 0 Å². The smallest absolute Gasteiger partial charge is 0.259 e. The average molecular weight is 441 g/mol. The van der Waals surface area contributed by atoms with Gasteiger partial charge in [-0.3, -0.25) is 4.79 Å². The number of hydrogen-bond donors (Lipinski definition) is 0. The minimum absolute atomic E-state index is 0.0856. The van der Waals surface area contributed by atoms with Crippen LogP contribution in [0, 0.1) is 34.6 Å². The standard InChI is InChI=1S/C22H24N4O2S2/c1-10-8-16(14(5)29-10)18-9-17(19-11(2)25-28-21(19)24-18)22(27)26(7)13(4)20-12(3)23-15(6)30-20/h8-9,13H,1-7H3/t13-/m0/s1. The van der Waals surface area contributed by atoms with E-state index in [9.17, 15) is 4.79 Å². The van der Waals surface area contributed by atoms with Crippen LogP contribution in [0.1, 0.15) is 54.4 Å². The molecule has 0 radical (unpaired) electrons. The molecule has 4 aromatic rings. The number of thiophene rings is 1. The second kappa shape index (κ2) is 7.59. The molecule has 8 heteroatoms. The van der Waals surface area contributed by atoms with E-state index in [1.54, 1.807) is 27.6 Å². The molecule has 0 N–H and O–H groups in total. The zero-order chi connectivity index (χ0) is 21.7. The Balaban J connectivity index is 1.82. The van der Waals surface area contributed by atoms with Gasteiger partial charge in [0, 0.05) is 27.2 Å². The van der Waals surface area contributed by atoms with Gasteiger partial charge in [-0.1, -0.05) is 5.16 Å². The minimum Gasteiger partial charge on any atom is -0.335 e. The van der Waals surface area contributed by atoms with E-state index in [1.807, 2.05) is 40.8 Å². The van der Waals surface area contributed by atoms with E-state index in [0.717, 1.165) is 31.7 Å². The van der Waals surface area contributed by atoms with Crippen LogP contribution in [0.2, 0.25) is 0 Å². The Morgan fingerprint density at radius 1 is 1.07 bits per heavy atom. The van der Waals surface area contributed by atoms with Gasteiger partial charge in [0.1, 0.15) is 0 Å². The largest absolute Gasteiger partial charge is 0.335 e. The molecule has 0 aromatic carbocycles. The molecule has 30 heavy (non-hydrogen) atoms. The van der Waals surface area contributed by atoms with Gasteiger partial charge in [0.15, 0.2) is 0 Å². The molecule has 0 unspecified atom stereocenters. The van der Waals surface area contributed by atoms with E-state index >= 15 is 0 Å². The van der Waals surface area contributed by atoms with E-state index in [-0.39, 0.29) is 11.9 Å². The Morgan fingerprint density at radius 3 is 2.40 bits per heavy atom. The van der Waals surface area contributed by atoms with Crippen molar-refractivity contribution in [3.63, 3.8) is 0 Å². The highest BCUT2D eigenvalue weighted by atomic mass is 32.1. The maximum atomic E-state index is 13.6. The van der Waals surface area contributed by atoms with E-state index in [4.69, 9.17) is 4.52 Å². The fourth-order valence-electron chi connectivity index (χ4n) is 3.76. The summed E-state index contributed by atoms with van der Waals surface area (Å²) in [5, 5.41) is 5.74. The third kappa shape index (κ3) is 3.44. The molecule has 0 spiro atoms. The summed E-state index contributed by atoms with van der Waals surface area (Å²) in [6.45, 7) is 12.0. The lowest BCUT2D eigenvalue weighted by Gasteiger charge is -2.25. The van der Waals surface area contributed by atoms with E-state index < -0.39 is 0 Å². The summed E-state index contributed by atoms with van der Waals surface area (Å²) in [4.78, 5) is 28.0. The Hall–Kier alpha value is -2.58. The maximum Gasteiger partial charge on any atom is 0.259 e. The van der Waals surface area contributed by atoms with Gasteiger partial charge in [0.2, 0.25) is 0 Å². The highest BCUT2D eigenvalue weighted by Gasteiger charge is 2.27. The first-order chi connectivity index (χ1) is 14.2. The maximum absolute atomic E-state index is 13.6. The molecule has 0 aliphatic carbocycles. The number of amides is 1. The molecule has 0 bridgehead atoms. The normalized spacial score (nSPS) is 12.5. The molecule has 0 saturated heterocycles. The van der Waals surface area contributed by atoms with Gasteiger partial charge in [-0.05, 0) is 53.7 Å². The van der Waals surface area contributed by atoms with Crippen molar-refractivity contribution >= 4 is 39.7 Å². The van der Waals surface area contributed by atoms with Crippen LogP contribution in [0.15, 0.2) is 16.7 Å². The Bertz CT molecular complexity index is 1270. The number of pyridine rings is 1.